The molecule has 11 heteroatoms. The van der Waals surface area contributed by atoms with Crippen molar-refractivity contribution in [1.29, 1.82) is 0 Å². The molecule has 0 atom stereocenters. The molecule has 0 aliphatic carbocycles. The van der Waals surface area contributed by atoms with E-state index in [4.69, 9.17) is 11.6 Å². The Labute approximate surface area is 249 Å². The lowest BCUT2D eigenvalue weighted by Gasteiger charge is -2.14. The molecule has 0 fully saturated rings. The minimum Gasteiger partial charge on any atom is -0.325 e. The first-order chi connectivity index (χ1) is 20.1. The van der Waals surface area contributed by atoms with Crippen molar-refractivity contribution in [2.24, 2.45) is 0 Å². The number of carbonyl (C=O) groups excluding carboxylic acids is 3. The lowest BCUT2D eigenvalue weighted by atomic mass is 10.1. The fraction of sp³-hybridized carbons (Fsp3) is 0.0645. The fourth-order valence-corrected chi connectivity index (χ4v) is 4.67. The zero-order valence-corrected chi connectivity index (χ0v) is 23.3. The largest absolute Gasteiger partial charge is 0.418 e. The van der Waals surface area contributed by atoms with Gasteiger partial charge >= 0.3 is 6.18 Å². The molecule has 0 heterocycles. The van der Waals surface area contributed by atoms with Crippen LogP contribution in [0.25, 0.3) is 6.08 Å². The van der Waals surface area contributed by atoms with Crippen molar-refractivity contribution in [1.82, 2.24) is 5.32 Å². The number of halogens is 4. The fourth-order valence-electron chi connectivity index (χ4n) is 3.73. The summed E-state index contributed by atoms with van der Waals surface area (Å²) in [5.74, 6) is -1.91. The molecule has 42 heavy (non-hydrogen) atoms. The number of para-hydroxylation sites is 1. The molecule has 0 spiro atoms. The number of alkyl halides is 3. The van der Waals surface area contributed by atoms with Crippen molar-refractivity contribution in [2.75, 3.05) is 16.4 Å². The summed E-state index contributed by atoms with van der Waals surface area (Å²) in [4.78, 5) is 39.1. The molecule has 4 aromatic carbocycles. The van der Waals surface area contributed by atoms with Crippen LogP contribution in [0.1, 0.15) is 21.5 Å². The van der Waals surface area contributed by atoms with Crippen molar-refractivity contribution in [2.45, 2.75) is 11.1 Å². The van der Waals surface area contributed by atoms with Crippen LogP contribution in [-0.2, 0) is 15.8 Å². The molecule has 6 nitrogen and oxygen atoms in total. The summed E-state index contributed by atoms with van der Waals surface area (Å²) in [6.45, 7) is 0. The van der Waals surface area contributed by atoms with E-state index in [1.807, 2.05) is 0 Å². The van der Waals surface area contributed by atoms with E-state index in [0.29, 0.717) is 26.7 Å². The molecule has 0 saturated heterocycles. The SMILES string of the molecule is O=C(CSc1cccc(NC(=O)/C(=C\c2ccccc2Cl)NC(=O)c2ccccc2)c1)Nc1ccccc1C(F)(F)F. The van der Waals surface area contributed by atoms with Gasteiger partial charge in [-0.25, -0.2) is 0 Å². The first-order valence-electron chi connectivity index (χ1n) is 12.4. The van der Waals surface area contributed by atoms with Crippen LogP contribution >= 0.6 is 23.4 Å². The Morgan fingerprint density at radius 3 is 2.24 bits per heavy atom. The van der Waals surface area contributed by atoms with Gasteiger partial charge in [0.15, 0.2) is 0 Å². The average Bonchev–Trinajstić information content (AvgIpc) is 2.97. The first-order valence-corrected chi connectivity index (χ1v) is 13.8. The molecule has 0 aromatic heterocycles. The summed E-state index contributed by atoms with van der Waals surface area (Å²) < 4.78 is 39.7. The quantitative estimate of drug-likeness (QED) is 0.135. The van der Waals surface area contributed by atoms with Crippen LogP contribution in [0, 0.1) is 0 Å². The van der Waals surface area contributed by atoms with E-state index < -0.39 is 29.5 Å². The summed E-state index contributed by atoms with van der Waals surface area (Å²) in [6, 6.07) is 26.5. The lowest BCUT2D eigenvalue weighted by Crippen LogP contribution is -2.30. The van der Waals surface area contributed by atoms with Gasteiger partial charge in [0.1, 0.15) is 5.70 Å². The second-order valence-electron chi connectivity index (χ2n) is 8.76. The number of amides is 3. The number of hydrogen-bond donors (Lipinski definition) is 3. The average molecular weight is 610 g/mol. The van der Waals surface area contributed by atoms with Gasteiger partial charge < -0.3 is 16.0 Å². The van der Waals surface area contributed by atoms with Crippen molar-refractivity contribution < 1.29 is 27.6 Å². The standard InChI is InChI=1S/C31H23ClF3N3O3S/c32-25-15-6-4-11-21(25)17-27(38-29(40)20-9-2-1-3-10-20)30(41)36-22-12-8-13-23(18-22)42-19-28(39)37-26-16-7-5-14-24(26)31(33,34)35/h1-18H,19H2,(H,36,41)(H,37,39)(H,38,40)/b27-17+. The predicted octanol–water partition coefficient (Wildman–Crippen LogP) is 7.50. The van der Waals surface area contributed by atoms with Gasteiger partial charge in [-0.15, -0.1) is 11.8 Å². The third-order valence-corrected chi connectivity index (χ3v) is 7.04. The van der Waals surface area contributed by atoms with Crippen LogP contribution in [0.5, 0.6) is 0 Å². The Morgan fingerprint density at radius 1 is 0.810 bits per heavy atom. The molecule has 0 saturated carbocycles. The second kappa shape index (κ2) is 13.9. The maximum absolute atomic E-state index is 13.3. The van der Waals surface area contributed by atoms with Crippen LogP contribution < -0.4 is 16.0 Å². The predicted molar refractivity (Wildman–Crippen MR) is 159 cm³/mol. The van der Waals surface area contributed by atoms with Crippen LogP contribution in [0.4, 0.5) is 24.5 Å². The molecular formula is C31H23ClF3N3O3S. The number of carbonyl (C=O) groups is 3. The highest BCUT2D eigenvalue weighted by Crippen LogP contribution is 2.34. The van der Waals surface area contributed by atoms with Crippen LogP contribution in [0.3, 0.4) is 0 Å². The zero-order chi connectivity index (χ0) is 30.1. The maximum atomic E-state index is 13.3. The highest BCUT2D eigenvalue weighted by molar-refractivity contribution is 8.00. The Balaban J connectivity index is 1.46. The molecule has 0 radical (unpaired) electrons. The summed E-state index contributed by atoms with van der Waals surface area (Å²) >= 11 is 7.35. The van der Waals surface area contributed by atoms with Crippen LogP contribution in [-0.4, -0.2) is 23.5 Å². The van der Waals surface area contributed by atoms with Gasteiger partial charge in [-0.2, -0.15) is 13.2 Å². The molecular weight excluding hydrogens is 587 g/mol. The molecule has 3 amide bonds. The number of benzene rings is 4. The van der Waals surface area contributed by atoms with Gasteiger partial charge in [-0.3, -0.25) is 14.4 Å². The third kappa shape index (κ3) is 8.48. The Morgan fingerprint density at radius 2 is 1.50 bits per heavy atom. The maximum Gasteiger partial charge on any atom is 0.418 e. The lowest BCUT2D eigenvalue weighted by molar-refractivity contribution is -0.137. The number of nitrogens with one attached hydrogen (secondary N) is 3. The second-order valence-corrected chi connectivity index (χ2v) is 10.2. The summed E-state index contributed by atoms with van der Waals surface area (Å²) in [5.41, 5.74) is -0.0883. The number of rotatable bonds is 9. The van der Waals surface area contributed by atoms with Gasteiger partial charge in [0.2, 0.25) is 5.91 Å². The van der Waals surface area contributed by atoms with E-state index in [9.17, 15) is 27.6 Å². The topological polar surface area (TPSA) is 87.3 Å². The number of hydrogen-bond acceptors (Lipinski definition) is 4. The molecule has 3 N–H and O–H groups in total. The van der Waals surface area contributed by atoms with E-state index in [1.54, 1.807) is 78.9 Å². The summed E-state index contributed by atoms with van der Waals surface area (Å²) in [7, 11) is 0. The molecule has 4 rings (SSSR count). The van der Waals surface area contributed by atoms with Crippen molar-refractivity contribution in [3.8, 4) is 0 Å². The van der Waals surface area contributed by atoms with Crippen molar-refractivity contribution >= 4 is 58.5 Å². The molecule has 214 valence electrons. The zero-order valence-electron chi connectivity index (χ0n) is 21.7. The minimum absolute atomic E-state index is 0.0577. The Kier molecular flexibility index (Phi) is 10.1. The Hall–Kier alpha value is -4.54. The van der Waals surface area contributed by atoms with Crippen molar-refractivity contribution in [3.63, 3.8) is 0 Å². The molecule has 0 aliphatic heterocycles. The normalized spacial score (nSPS) is 11.5. The first kappa shape index (κ1) is 30.4. The van der Waals surface area contributed by atoms with Gasteiger partial charge in [0, 0.05) is 21.2 Å². The van der Waals surface area contributed by atoms with Gasteiger partial charge in [0.05, 0.1) is 17.0 Å². The molecule has 0 aliphatic rings. The van der Waals surface area contributed by atoms with Crippen molar-refractivity contribution in [3.05, 3.63) is 131 Å². The van der Waals surface area contributed by atoms with Gasteiger partial charge in [0.25, 0.3) is 11.8 Å². The smallest absolute Gasteiger partial charge is 0.325 e. The summed E-state index contributed by atoms with van der Waals surface area (Å²) in [5, 5.41) is 8.04. The monoisotopic (exact) mass is 609 g/mol. The Bertz CT molecular complexity index is 1630. The van der Waals surface area contributed by atoms with Crippen LogP contribution in [0.15, 0.2) is 114 Å². The van der Waals surface area contributed by atoms with E-state index in [0.717, 1.165) is 17.8 Å². The van der Waals surface area contributed by atoms with E-state index in [2.05, 4.69) is 16.0 Å². The summed E-state index contributed by atoms with van der Waals surface area (Å²) in [6.07, 6.45) is -3.15. The molecule has 4 aromatic rings. The van der Waals surface area contributed by atoms with Gasteiger partial charge in [-0.1, -0.05) is 66.2 Å². The molecule has 0 bridgehead atoms. The molecule has 0 unspecified atom stereocenters. The minimum atomic E-state index is -4.61. The van der Waals surface area contributed by atoms with Gasteiger partial charge in [-0.05, 0) is 60.2 Å². The highest BCUT2D eigenvalue weighted by Gasteiger charge is 2.33. The van der Waals surface area contributed by atoms with E-state index >= 15 is 0 Å². The van der Waals surface area contributed by atoms with E-state index in [-0.39, 0.29) is 17.1 Å². The number of thioether (sulfide) groups is 1. The third-order valence-electron chi connectivity index (χ3n) is 5.70. The van der Waals surface area contributed by atoms with E-state index in [1.165, 1.54) is 24.3 Å². The van der Waals surface area contributed by atoms with Crippen LogP contribution in [0.2, 0.25) is 5.02 Å². The number of anilines is 2. The highest BCUT2D eigenvalue weighted by atomic mass is 35.5.